The van der Waals surface area contributed by atoms with Gasteiger partial charge in [-0.1, -0.05) is 38.5 Å². The predicted octanol–water partition coefficient (Wildman–Crippen LogP) is 3.63. The van der Waals surface area contributed by atoms with Crippen molar-refractivity contribution >= 4 is 22.4 Å². The molecule has 0 bridgehead atoms. The molecule has 5 heteroatoms. The fraction of sp³-hybridized carbons (Fsp3) is 0.500. The molecule has 4 nitrogen and oxygen atoms in total. The van der Waals surface area contributed by atoms with Crippen molar-refractivity contribution in [1.29, 1.82) is 0 Å². The second-order valence-corrected chi connectivity index (χ2v) is 7.01. The monoisotopic (exact) mass is 304 g/mol. The van der Waals surface area contributed by atoms with Gasteiger partial charge >= 0.3 is 0 Å². The van der Waals surface area contributed by atoms with Crippen molar-refractivity contribution in [1.82, 2.24) is 9.36 Å². The van der Waals surface area contributed by atoms with E-state index in [1.807, 2.05) is 0 Å². The van der Waals surface area contributed by atoms with Crippen LogP contribution in [0.3, 0.4) is 0 Å². The molecule has 1 heterocycles. The van der Waals surface area contributed by atoms with Gasteiger partial charge in [0.1, 0.15) is 5.82 Å². The molecule has 0 aliphatic rings. The standard InChI is InChI=1S/C16H24N4S/c1-12-6-8-13(9-7-12)20(11-5-10-17)15-18-14(19-21-15)16(2,3)4/h6-9H,5,10-11,17H2,1-4H3. The highest BCUT2D eigenvalue weighted by Crippen LogP contribution is 2.30. The highest BCUT2D eigenvalue weighted by molar-refractivity contribution is 7.09. The van der Waals surface area contributed by atoms with Crippen molar-refractivity contribution in [3.8, 4) is 0 Å². The lowest BCUT2D eigenvalue weighted by atomic mass is 9.96. The summed E-state index contributed by atoms with van der Waals surface area (Å²) in [5.41, 5.74) is 8.04. The Bertz CT molecular complexity index is 569. The summed E-state index contributed by atoms with van der Waals surface area (Å²) in [4.78, 5) is 6.93. The molecule has 0 aliphatic carbocycles. The quantitative estimate of drug-likeness (QED) is 0.916. The highest BCUT2D eigenvalue weighted by atomic mass is 32.1. The smallest absolute Gasteiger partial charge is 0.209 e. The number of aromatic nitrogens is 2. The molecule has 0 atom stereocenters. The minimum Gasteiger partial charge on any atom is -0.330 e. The Morgan fingerprint density at radius 3 is 2.38 bits per heavy atom. The second kappa shape index (κ2) is 6.54. The number of benzene rings is 1. The van der Waals surface area contributed by atoms with Crippen molar-refractivity contribution in [3.05, 3.63) is 35.7 Å². The first kappa shape index (κ1) is 15.9. The third-order valence-corrected chi connectivity index (χ3v) is 3.99. The van der Waals surface area contributed by atoms with E-state index in [1.54, 1.807) is 0 Å². The van der Waals surface area contributed by atoms with Crippen LogP contribution in [0.1, 0.15) is 38.6 Å². The third kappa shape index (κ3) is 4.02. The average molecular weight is 304 g/mol. The predicted molar refractivity (Wildman–Crippen MR) is 90.5 cm³/mol. The fourth-order valence-electron chi connectivity index (χ4n) is 1.94. The third-order valence-electron chi connectivity index (χ3n) is 3.25. The van der Waals surface area contributed by atoms with Crippen LogP contribution in [0.2, 0.25) is 0 Å². The summed E-state index contributed by atoms with van der Waals surface area (Å²) in [5, 5.41) is 0.942. The molecular formula is C16H24N4S. The van der Waals surface area contributed by atoms with Crippen LogP contribution in [0.5, 0.6) is 0 Å². The van der Waals surface area contributed by atoms with Crippen LogP contribution >= 0.6 is 11.5 Å². The molecule has 1 aromatic carbocycles. The van der Waals surface area contributed by atoms with Gasteiger partial charge in [0.15, 0.2) is 0 Å². The van der Waals surface area contributed by atoms with Crippen LogP contribution in [0, 0.1) is 6.92 Å². The van der Waals surface area contributed by atoms with Gasteiger partial charge in [-0.2, -0.15) is 4.37 Å². The molecule has 0 amide bonds. The number of hydrogen-bond donors (Lipinski definition) is 1. The van der Waals surface area contributed by atoms with Crippen molar-refractivity contribution in [2.45, 2.75) is 39.5 Å². The van der Waals surface area contributed by atoms with Crippen LogP contribution in [0.25, 0.3) is 0 Å². The lowest BCUT2D eigenvalue weighted by Gasteiger charge is -2.21. The second-order valence-electron chi connectivity index (χ2n) is 6.28. The molecule has 21 heavy (non-hydrogen) atoms. The normalized spacial score (nSPS) is 11.7. The minimum absolute atomic E-state index is 0.0262. The molecule has 0 saturated heterocycles. The van der Waals surface area contributed by atoms with Crippen molar-refractivity contribution in [2.75, 3.05) is 18.0 Å². The Labute approximate surface area is 131 Å². The topological polar surface area (TPSA) is 55.0 Å². The largest absolute Gasteiger partial charge is 0.330 e. The van der Waals surface area contributed by atoms with Gasteiger partial charge in [0.05, 0.1) is 0 Å². The Hall–Kier alpha value is -1.46. The van der Waals surface area contributed by atoms with Crippen LogP contribution in [-0.2, 0) is 5.41 Å². The SMILES string of the molecule is Cc1ccc(N(CCCN)c2nc(C(C)(C)C)ns2)cc1. The van der Waals surface area contributed by atoms with E-state index in [-0.39, 0.29) is 5.41 Å². The average Bonchev–Trinajstić information content (AvgIpc) is 2.91. The molecule has 0 unspecified atom stereocenters. The van der Waals surface area contributed by atoms with E-state index < -0.39 is 0 Å². The molecule has 0 radical (unpaired) electrons. The van der Waals surface area contributed by atoms with Crippen molar-refractivity contribution in [3.63, 3.8) is 0 Å². The summed E-state index contributed by atoms with van der Waals surface area (Å²) < 4.78 is 4.52. The maximum atomic E-state index is 5.67. The lowest BCUT2D eigenvalue weighted by molar-refractivity contribution is 0.554. The first-order chi connectivity index (χ1) is 9.91. The number of nitrogens with two attached hydrogens (primary N) is 1. The first-order valence-corrected chi connectivity index (χ1v) is 8.07. The Balaban J connectivity index is 2.31. The Kier molecular flexibility index (Phi) is 4.96. The number of aryl methyl sites for hydroxylation is 1. The van der Waals surface area contributed by atoms with E-state index in [0.29, 0.717) is 6.54 Å². The number of rotatable bonds is 5. The molecular weight excluding hydrogens is 280 g/mol. The van der Waals surface area contributed by atoms with Crippen molar-refractivity contribution < 1.29 is 0 Å². The van der Waals surface area contributed by atoms with Crippen LogP contribution in [0.4, 0.5) is 10.8 Å². The number of anilines is 2. The molecule has 2 N–H and O–H groups in total. The number of nitrogens with zero attached hydrogens (tertiary/aromatic N) is 3. The zero-order valence-electron chi connectivity index (χ0n) is 13.3. The fourth-order valence-corrected chi connectivity index (χ4v) is 2.84. The summed E-state index contributed by atoms with van der Waals surface area (Å²) in [6, 6.07) is 8.50. The van der Waals surface area contributed by atoms with E-state index in [2.05, 4.69) is 61.2 Å². The summed E-state index contributed by atoms with van der Waals surface area (Å²) in [6.07, 6.45) is 0.929. The maximum absolute atomic E-state index is 5.67. The van der Waals surface area contributed by atoms with E-state index in [0.717, 1.165) is 29.6 Å². The van der Waals surface area contributed by atoms with Gasteiger partial charge in [-0.25, -0.2) is 4.98 Å². The lowest BCUT2D eigenvalue weighted by Crippen LogP contribution is -2.21. The molecule has 1 aromatic heterocycles. The van der Waals surface area contributed by atoms with Crippen molar-refractivity contribution in [2.24, 2.45) is 5.73 Å². The van der Waals surface area contributed by atoms with E-state index in [4.69, 9.17) is 10.7 Å². The molecule has 0 aliphatic heterocycles. The van der Waals surface area contributed by atoms with Gasteiger partial charge < -0.3 is 10.6 Å². The Morgan fingerprint density at radius 2 is 1.86 bits per heavy atom. The molecule has 2 rings (SSSR count). The van der Waals surface area contributed by atoms with Gasteiger partial charge in [-0.15, -0.1) is 0 Å². The van der Waals surface area contributed by atoms with Gasteiger partial charge in [0, 0.05) is 29.2 Å². The van der Waals surface area contributed by atoms with Gasteiger partial charge in [0.2, 0.25) is 5.13 Å². The van der Waals surface area contributed by atoms with Crippen LogP contribution in [-0.4, -0.2) is 22.4 Å². The van der Waals surface area contributed by atoms with E-state index in [1.165, 1.54) is 17.1 Å². The summed E-state index contributed by atoms with van der Waals surface area (Å²) in [5.74, 6) is 0.896. The Morgan fingerprint density at radius 1 is 1.19 bits per heavy atom. The molecule has 114 valence electrons. The summed E-state index contributed by atoms with van der Waals surface area (Å²) in [7, 11) is 0. The minimum atomic E-state index is -0.0262. The van der Waals surface area contributed by atoms with Gasteiger partial charge in [-0.3, -0.25) is 0 Å². The summed E-state index contributed by atoms with van der Waals surface area (Å²) in [6.45, 7) is 10.0. The maximum Gasteiger partial charge on any atom is 0.209 e. The van der Waals surface area contributed by atoms with E-state index in [9.17, 15) is 0 Å². The molecule has 0 spiro atoms. The zero-order valence-corrected chi connectivity index (χ0v) is 14.1. The molecule has 2 aromatic rings. The zero-order chi connectivity index (χ0) is 15.5. The van der Waals surface area contributed by atoms with Crippen LogP contribution < -0.4 is 10.6 Å². The highest BCUT2D eigenvalue weighted by Gasteiger charge is 2.22. The van der Waals surface area contributed by atoms with Crippen LogP contribution in [0.15, 0.2) is 24.3 Å². The van der Waals surface area contributed by atoms with Gasteiger partial charge in [0.25, 0.3) is 0 Å². The summed E-state index contributed by atoms with van der Waals surface area (Å²) >= 11 is 1.46. The first-order valence-electron chi connectivity index (χ1n) is 7.30. The van der Waals surface area contributed by atoms with E-state index >= 15 is 0 Å². The molecule has 0 fully saturated rings. The van der Waals surface area contributed by atoms with Gasteiger partial charge in [-0.05, 0) is 32.0 Å². The molecule has 0 saturated carbocycles. The number of hydrogen-bond acceptors (Lipinski definition) is 5.